The summed E-state index contributed by atoms with van der Waals surface area (Å²) < 4.78 is 32.1. The zero-order valence-electron chi connectivity index (χ0n) is 21.0. The number of hydrogen-bond donors (Lipinski definition) is 1. The molecule has 1 aliphatic heterocycles. The van der Waals surface area contributed by atoms with Crippen LogP contribution in [0.5, 0.6) is 0 Å². The van der Waals surface area contributed by atoms with Gasteiger partial charge >= 0.3 is 6.09 Å². The first kappa shape index (κ1) is 28.0. The van der Waals surface area contributed by atoms with E-state index in [1.54, 1.807) is 39.1 Å². The summed E-state index contributed by atoms with van der Waals surface area (Å²) in [6.07, 6.45) is 2.40. The Hall–Kier alpha value is -3.25. The molecule has 1 amide bonds. The fraction of sp³-hybridized carbons (Fsp3) is 0.500. The molecule has 0 radical (unpaired) electrons. The molecule has 1 atom stereocenters. The van der Waals surface area contributed by atoms with Gasteiger partial charge in [0.1, 0.15) is 29.9 Å². The van der Waals surface area contributed by atoms with Gasteiger partial charge in [0.25, 0.3) is 0 Å². The lowest BCUT2D eigenvalue weighted by molar-refractivity contribution is -0.144. The second kappa shape index (κ2) is 13.0. The molecule has 1 aromatic heterocycles. The minimum absolute atomic E-state index is 0.0230. The second-order valence-corrected chi connectivity index (χ2v) is 9.07. The van der Waals surface area contributed by atoms with E-state index in [1.165, 1.54) is 12.1 Å². The van der Waals surface area contributed by atoms with Crippen LogP contribution in [0.25, 0.3) is 0 Å². The van der Waals surface area contributed by atoms with E-state index in [0.717, 1.165) is 18.7 Å². The number of alkyl carbamates (subject to hydrolysis) is 1. The molecule has 1 saturated heterocycles. The third-order valence-electron chi connectivity index (χ3n) is 5.53. The van der Waals surface area contributed by atoms with Crippen LogP contribution in [0.15, 0.2) is 36.5 Å². The molecular weight excluding hydrogens is 454 g/mol. The number of aromatic nitrogens is 1. The van der Waals surface area contributed by atoms with Gasteiger partial charge in [0.15, 0.2) is 0 Å². The van der Waals surface area contributed by atoms with E-state index in [1.807, 2.05) is 19.9 Å². The summed E-state index contributed by atoms with van der Waals surface area (Å²) in [4.78, 5) is 22.6. The minimum Gasteiger partial charge on any atom is -0.444 e. The number of nitrogens with one attached hydrogen (secondary N) is 1. The van der Waals surface area contributed by atoms with Crippen molar-refractivity contribution in [3.8, 4) is 6.07 Å². The van der Waals surface area contributed by atoms with Gasteiger partial charge in [-0.2, -0.15) is 10.2 Å². The molecule has 0 bridgehead atoms. The van der Waals surface area contributed by atoms with Crippen LogP contribution in [0, 0.1) is 23.1 Å². The Bertz CT molecular complexity index is 995. The standard InChI is InChI=1S/C24H28F2N4O3.C2H6/c1-24(2,3)33-23(31)29-22(18-5-6-19(15-32-26)20(25)12-18)17-8-10-30(11-9-17)21-7-4-16(13-27)14-28-21;1-2/h4-7,12,14,17,22H,8-11,15H2,1-3H3,(H,29,31);1-2H3. The summed E-state index contributed by atoms with van der Waals surface area (Å²) in [5.74, 6) is 0.209. The minimum atomic E-state index is -0.674. The molecule has 0 saturated carbocycles. The number of piperidine rings is 1. The summed E-state index contributed by atoms with van der Waals surface area (Å²) in [6, 6.07) is 9.57. The van der Waals surface area contributed by atoms with E-state index in [2.05, 4.69) is 26.2 Å². The topological polar surface area (TPSA) is 87.5 Å². The summed E-state index contributed by atoms with van der Waals surface area (Å²) in [5.41, 5.74) is 0.501. The first-order chi connectivity index (χ1) is 16.7. The number of nitriles is 1. The molecule has 1 fully saturated rings. The Morgan fingerprint density at radius 1 is 1.26 bits per heavy atom. The van der Waals surface area contributed by atoms with Gasteiger partial charge in [-0.1, -0.05) is 26.0 Å². The maximum atomic E-state index is 14.5. The summed E-state index contributed by atoms with van der Waals surface area (Å²) in [7, 11) is 0. The van der Waals surface area contributed by atoms with Gasteiger partial charge in [-0.25, -0.2) is 14.2 Å². The van der Waals surface area contributed by atoms with Gasteiger partial charge in [0, 0.05) is 24.8 Å². The average Bonchev–Trinajstić information content (AvgIpc) is 2.84. The van der Waals surface area contributed by atoms with Gasteiger partial charge in [-0.15, -0.1) is 0 Å². The average molecular weight is 489 g/mol. The number of pyridine rings is 1. The van der Waals surface area contributed by atoms with Gasteiger partial charge in [0.05, 0.1) is 11.6 Å². The maximum Gasteiger partial charge on any atom is 0.408 e. The zero-order chi connectivity index (χ0) is 26.0. The lowest BCUT2D eigenvalue weighted by atomic mass is 9.85. The Kier molecular flexibility index (Phi) is 10.4. The monoisotopic (exact) mass is 488 g/mol. The van der Waals surface area contributed by atoms with Crippen LogP contribution in [-0.2, 0) is 16.3 Å². The molecule has 1 aromatic carbocycles. The largest absolute Gasteiger partial charge is 0.444 e. The van der Waals surface area contributed by atoms with Crippen molar-refractivity contribution in [1.29, 1.82) is 5.26 Å². The van der Waals surface area contributed by atoms with Crippen molar-refractivity contribution < 1.29 is 23.4 Å². The fourth-order valence-electron chi connectivity index (χ4n) is 3.94. The van der Waals surface area contributed by atoms with Crippen molar-refractivity contribution >= 4 is 11.9 Å². The number of halogens is 2. The van der Waals surface area contributed by atoms with Crippen molar-refractivity contribution in [2.45, 2.75) is 65.7 Å². The molecule has 3 rings (SSSR count). The number of rotatable bonds is 6. The van der Waals surface area contributed by atoms with E-state index in [4.69, 9.17) is 10.00 Å². The number of carbonyl (C=O) groups is 1. The quantitative estimate of drug-likeness (QED) is 0.536. The van der Waals surface area contributed by atoms with Crippen LogP contribution < -0.4 is 10.2 Å². The highest BCUT2D eigenvalue weighted by Gasteiger charge is 2.31. The van der Waals surface area contributed by atoms with E-state index in [-0.39, 0.29) is 11.5 Å². The molecule has 7 nitrogen and oxygen atoms in total. The van der Waals surface area contributed by atoms with Crippen LogP contribution in [0.2, 0.25) is 0 Å². The predicted molar refractivity (Wildman–Crippen MR) is 130 cm³/mol. The molecule has 35 heavy (non-hydrogen) atoms. The van der Waals surface area contributed by atoms with Gasteiger partial charge in [-0.05, 0) is 67.8 Å². The number of anilines is 1. The normalized spacial score (nSPS) is 14.9. The fourth-order valence-corrected chi connectivity index (χ4v) is 3.94. The van der Waals surface area contributed by atoms with Gasteiger partial charge in [-0.3, -0.25) is 0 Å². The Morgan fingerprint density at radius 2 is 1.94 bits per heavy atom. The number of benzene rings is 1. The van der Waals surface area contributed by atoms with E-state index in [9.17, 15) is 13.7 Å². The van der Waals surface area contributed by atoms with E-state index < -0.39 is 30.2 Å². The van der Waals surface area contributed by atoms with E-state index in [0.29, 0.717) is 24.2 Å². The van der Waals surface area contributed by atoms with Crippen LogP contribution in [0.3, 0.4) is 0 Å². The molecular formula is C26H34F2N4O3. The number of carbonyl (C=O) groups excluding carboxylic acids is 1. The summed E-state index contributed by atoms with van der Waals surface area (Å²) in [5, 5.41) is 11.9. The van der Waals surface area contributed by atoms with Gasteiger partial charge < -0.3 is 15.0 Å². The Balaban J connectivity index is 0.00000210. The van der Waals surface area contributed by atoms with Crippen molar-refractivity contribution in [3.63, 3.8) is 0 Å². The highest BCUT2D eigenvalue weighted by Crippen LogP contribution is 2.33. The van der Waals surface area contributed by atoms with E-state index >= 15 is 0 Å². The molecule has 1 N–H and O–H groups in total. The van der Waals surface area contributed by atoms with Crippen molar-refractivity contribution in [1.82, 2.24) is 10.3 Å². The predicted octanol–water partition coefficient (Wildman–Crippen LogP) is 6.00. The molecule has 9 heteroatoms. The molecule has 2 aromatic rings. The van der Waals surface area contributed by atoms with Crippen LogP contribution in [0.1, 0.15) is 70.2 Å². The maximum absolute atomic E-state index is 14.5. The number of amides is 1. The Morgan fingerprint density at radius 3 is 2.46 bits per heavy atom. The number of ether oxygens (including phenoxy) is 1. The Labute approximate surface area is 206 Å². The molecule has 190 valence electrons. The molecule has 0 aliphatic carbocycles. The molecule has 1 unspecified atom stereocenters. The smallest absolute Gasteiger partial charge is 0.408 e. The van der Waals surface area contributed by atoms with Crippen molar-refractivity contribution in [2.24, 2.45) is 5.92 Å². The van der Waals surface area contributed by atoms with Crippen LogP contribution in [-0.4, -0.2) is 29.8 Å². The second-order valence-electron chi connectivity index (χ2n) is 9.07. The first-order valence-electron chi connectivity index (χ1n) is 11.8. The molecule has 0 spiro atoms. The molecule has 1 aliphatic rings. The lowest BCUT2D eigenvalue weighted by Gasteiger charge is -2.37. The molecule has 2 heterocycles. The zero-order valence-corrected chi connectivity index (χ0v) is 21.0. The van der Waals surface area contributed by atoms with Crippen LogP contribution in [0.4, 0.5) is 19.5 Å². The van der Waals surface area contributed by atoms with Crippen molar-refractivity contribution in [3.05, 3.63) is 59.0 Å². The highest BCUT2D eigenvalue weighted by atomic mass is 19.3. The number of nitrogens with zero attached hydrogens (tertiary/aromatic N) is 3. The number of hydrogen-bond acceptors (Lipinski definition) is 6. The third-order valence-corrected chi connectivity index (χ3v) is 5.53. The highest BCUT2D eigenvalue weighted by molar-refractivity contribution is 5.68. The van der Waals surface area contributed by atoms with Crippen LogP contribution >= 0.6 is 0 Å². The lowest BCUT2D eigenvalue weighted by Crippen LogP contribution is -2.42. The van der Waals surface area contributed by atoms with Gasteiger partial charge in [0.2, 0.25) is 0 Å². The summed E-state index contributed by atoms with van der Waals surface area (Å²) >= 11 is 0. The SMILES string of the molecule is CC.CC(C)(C)OC(=O)NC(c1ccc(COF)c(F)c1)C1CCN(c2ccc(C#N)cn2)CC1. The van der Waals surface area contributed by atoms with Crippen molar-refractivity contribution in [2.75, 3.05) is 18.0 Å². The third kappa shape index (κ3) is 8.18. The summed E-state index contributed by atoms with van der Waals surface area (Å²) in [6.45, 7) is 10.2. The first-order valence-corrected chi connectivity index (χ1v) is 11.8.